The number of ether oxygens (including phenoxy) is 1. The highest BCUT2D eigenvalue weighted by molar-refractivity contribution is 7.92. The van der Waals surface area contributed by atoms with Crippen molar-refractivity contribution in [3.8, 4) is 0 Å². The van der Waals surface area contributed by atoms with Crippen LogP contribution in [0.5, 0.6) is 0 Å². The summed E-state index contributed by atoms with van der Waals surface area (Å²) in [6, 6.07) is 9.16. The zero-order valence-corrected chi connectivity index (χ0v) is 15.9. The molecule has 0 aliphatic heterocycles. The van der Waals surface area contributed by atoms with Gasteiger partial charge in [-0.3, -0.25) is 19.6 Å². The van der Waals surface area contributed by atoms with E-state index in [1.165, 1.54) is 36.4 Å². The summed E-state index contributed by atoms with van der Waals surface area (Å²) in [7, 11) is -3.52. The van der Waals surface area contributed by atoms with E-state index < -0.39 is 39.1 Å². The third-order valence-electron chi connectivity index (χ3n) is 3.17. The highest BCUT2D eigenvalue weighted by Gasteiger charge is 2.18. The molecule has 0 fully saturated rings. The van der Waals surface area contributed by atoms with E-state index in [4.69, 9.17) is 16.3 Å². The number of benzene rings is 2. The van der Waals surface area contributed by atoms with Crippen molar-refractivity contribution in [1.82, 2.24) is 0 Å². The number of nitrogens with zero attached hydrogens (tertiary/aromatic N) is 1. The predicted octanol–water partition coefficient (Wildman–Crippen LogP) is 2.42. The molecule has 10 nitrogen and oxygen atoms in total. The van der Waals surface area contributed by atoms with Gasteiger partial charge in [0.2, 0.25) is 10.0 Å². The van der Waals surface area contributed by atoms with Crippen molar-refractivity contribution < 1.29 is 27.7 Å². The Labute approximate surface area is 164 Å². The monoisotopic (exact) mass is 427 g/mol. The molecule has 0 saturated heterocycles. The highest BCUT2D eigenvalue weighted by Crippen LogP contribution is 2.27. The summed E-state index contributed by atoms with van der Waals surface area (Å²) < 4.78 is 29.5. The number of nitro benzene ring substituents is 1. The first kappa shape index (κ1) is 21.1. The lowest BCUT2D eigenvalue weighted by Crippen LogP contribution is -2.21. The Kier molecular flexibility index (Phi) is 6.54. The zero-order chi connectivity index (χ0) is 20.9. The third-order valence-corrected chi connectivity index (χ3v) is 4.01. The molecule has 12 heteroatoms. The molecule has 2 N–H and O–H groups in total. The molecule has 0 atom stereocenters. The number of rotatable bonds is 7. The third kappa shape index (κ3) is 6.21. The second-order valence-electron chi connectivity index (χ2n) is 5.50. The number of hydrogen-bond donors (Lipinski definition) is 2. The fourth-order valence-electron chi connectivity index (χ4n) is 2.09. The lowest BCUT2D eigenvalue weighted by Gasteiger charge is -2.08. The van der Waals surface area contributed by atoms with Crippen molar-refractivity contribution in [3.63, 3.8) is 0 Å². The number of sulfonamides is 1. The Balaban J connectivity index is 2.01. The summed E-state index contributed by atoms with van der Waals surface area (Å²) in [5, 5.41) is 13.4. The minimum Gasteiger partial charge on any atom is -0.452 e. The first-order valence-corrected chi connectivity index (χ1v) is 9.81. The predicted molar refractivity (Wildman–Crippen MR) is 102 cm³/mol. The normalized spacial score (nSPS) is 10.8. The van der Waals surface area contributed by atoms with E-state index >= 15 is 0 Å². The summed E-state index contributed by atoms with van der Waals surface area (Å²) >= 11 is 5.69. The number of nitrogens with one attached hydrogen (secondary N) is 2. The van der Waals surface area contributed by atoms with E-state index in [-0.39, 0.29) is 22.0 Å². The number of hydrogen-bond acceptors (Lipinski definition) is 7. The number of carbonyl (C=O) groups is 2. The van der Waals surface area contributed by atoms with E-state index in [1.54, 1.807) is 0 Å². The quantitative estimate of drug-likeness (QED) is 0.392. The number of halogens is 1. The van der Waals surface area contributed by atoms with Crippen molar-refractivity contribution in [2.75, 3.05) is 22.9 Å². The molecule has 148 valence electrons. The average Bonchev–Trinajstić information content (AvgIpc) is 2.59. The SMILES string of the molecule is CS(=O)(=O)Nc1cccc(C(=O)OCC(=O)Nc2ccc(Cl)cc2[N+](=O)[O-])c1. The molecular weight excluding hydrogens is 414 g/mol. The Morgan fingerprint density at radius 1 is 1.21 bits per heavy atom. The molecule has 0 heterocycles. The number of nitro groups is 1. The first-order valence-electron chi connectivity index (χ1n) is 7.54. The van der Waals surface area contributed by atoms with Crippen LogP contribution in [0.1, 0.15) is 10.4 Å². The average molecular weight is 428 g/mol. The second kappa shape index (κ2) is 8.67. The maximum Gasteiger partial charge on any atom is 0.338 e. The summed E-state index contributed by atoms with van der Waals surface area (Å²) in [5.74, 6) is -1.68. The van der Waals surface area contributed by atoms with Gasteiger partial charge in [-0.05, 0) is 30.3 Å². The number of esters is 1. The van der Waals surface area contributed by atoms with Crippen molar-refractivity contribution in [2.45, 2.75) is 0 Å². The fraction of sp³-hybridized carbons (Fsp3) is 0.125. The van der Waals surface area contributed by atoms with Crippen molar-refractivity contribution in [1.29, 1.82) is 0 Å². The molecule has 2 aromatic rings. The molecule has 0 unspecified atom stereocenters. The van der Waals surface area contributed by atoms with Gasteiger partial charge in [0.25, 0.3) is 11.6 Å². The molecule has 0 saturated carbocycles. The van der Waals surface area contributed by atoms with Crippen LogP contribution < -0.4 is 10.0 Å². The second-order valence-corrected chi connectivity index (χ2v) is 7.68. The smallest absolute Gasteiger partial charge is 0.338 e. The van der Waals surface area contributed by atoms with Gasteiger partial charge in [-0.2, -0.15) is 0 Å². The van der Waals surface area contributed by atoms with Gasteiger partial charge < -0.3 is 10.1 Å². The summed E-state index contributed by atoms with van der Waals surface area (Å²) in [4.78, 5) is 34.2. The van der Waals surface area contributed by atoms with Crippen LogP contribution in [0.15, 0.2) is 42.5 Å². The summed E-state index contributed by atoms with van der Waals surface area (Å²) in [6.07, 6.45) is 0.957. The van der Waals surface area contributed by atoms with Crippen LogP contribution in [0.4, 0.5) is 17.1 Å². The van der Waals surface area contributed by atoms with Crippen LogP contribution in [-0.4, -0.2) is 38.1 Å². The van der Waals surface area contributed by atoms with E-state index in [9.17, 15) is 28.1 Å². The number of carbonyl (C=O) groups excluding carboxylic acids is 2. The van der Waals surface area contributed by atoms with Gasteiger partial charge in [0.15, 0.2) is 6.61 Å². The van der Waals surface area contributed by atoms with Gasteiger partial charge in [0, 0.05) is 16.8 Å². The molecule has 0 aliphatic carbocycles. The van der Waals surface area contributed by atoms with E-state index in [0.717, 1.165) is 12.3 Å². The van der Waals surface area contributed by atoms with Crippen LogP contribution >= 0.6 is 11.6 Å². The molecule has 0 radical (unpaired) electrons. The summed E-state index contributed by atoms with van der Waals surface area (Å²) in [6.45, 7) is -0.706. The van der Waals surface area contributed by atoms with Gasteiger partial charge in [-0.15, -0.1) is 0 Å². The number of amides is 1. The van der Waals surface area contributed by atoms with E-state index in [1.807, 2.05) is 0 Å². The Bertz CT molecular complexity index is 1040. The molecule has 0 bridgehead atoms. The van der Waals surface area contributed by atoms with Gasteiger partial charge in [-0.25, -0.2) is 13.2 Å². The number of anilines is 2. The molecule has 2 rings (SSSR count). The zero-order valence-electron chi connectivity index (χ0n) is 14.3. The maximum atomic E-state index is 12.0. The van der Waals surface area contributed by atoms with Crippen LogP contribution in [0, 0.1) is 10.1 Å². The van der Waals surface area contributed by atoms with Crippen LogP contribution in [-0.2, 0) is 19.6 Å². The Morgan fingerprint density at radius 3 is 2.57 bits per heavy atom. The van der Waals surface area contributed by atoms with Crippen LogP contribution in [0.3, 0.4) is 0 Å². The van der Waals surface area contributed by atoms with Crippen molar-refractivity contribution >= 4 is 50.6 Å². The van der Waals surface area contributed by atoms with Gasteiger partial charge in [0.1, 0.15) is 5.69 Å². The molecule has 2 aromatic carbocycles. The summed E-state index contributed by atoms with van der Waals surface area (Å²) in [5.41, 5.74) is -0.348. The largest absolute Gasteiger partial charge is 0.452 e. The van der Waals surface area contributed by atoms with Crippen molar-refractivity contribution in [2.24, 2.45) is 0 Å². The van der Waals surface area contributed by atoms with Crippen molar-refractivity contribution in [3.05, 3.63) is 63.2 Å². The van der Waals surface area contributed by atoms with Crippen LogP contribution in [0.25, 0.3) is 0 Å². The molecular formula is C16H14ClN3O7S. The molecule has 28 heavy (non-hydrogen) atoms. The first-order chi connectivity index (χ1) is 13.0. The molecule has 1 amide bonds. The molecule has 0 aliphatic rings. The van der Waals surface area contributed by atoms with Crippen LogP contribution in [0.2, 0.25) is 5.02 Å². The van der Waals surface area contributed by atoms with Gasteiger partial charge >= 0.3 is 5.97 Å². The minimum absolute atomic E-state index is 0.0129. The van der Waals surface area contributed by atoms with Gasteiger partial charge in [-0.1, -0.05) is 17.7 Å². The Morgan fingerprint density at radius 2 is 1.93 bits per heavy atom. The standard InChI is InChI=1S/C16H14ClN3O7S/c1-28(25,26)19-12-4-2-3-10(7-12)16(22)27-9-15(21)18-13-6-5-11(17)8-14(13)20(23)24/h2-8,19H,9H2,1H3,(H,18,21). The maximum absolute atomic E-state index is 12.0. The highest BCUT2D eigenvalue weighted by atomic mass is 35.5. The van der Waals surface area contributed by atoms with E-state index in [2.05, 4.69) is 10.0 Å². The topological polar surface area (TPSA) is 145 Å². The molecule has 0 aromatic heterocycles. The lowest BCUT2D eigenvalue weighted by molar-refractivity contribution is -0.383. The van der Waals surface area contributed by atoms with E-state index in [0.29, 0.717) is 0 Å². The van der Waals surface area contributed by atoms with Gasteiger partial charge in [0.05, 0.1) is 16.7 Å². The minimum atomic E-state index is -3.52. The lowest BCUT2D eigenvalue weighted by atomic mass is 10.2. The Hall–Kier alpha value is -3.18. The fourth-order valence-corrected chi connectivity index (χ4v) is 2.81. The molecule has 0 spiro atoms.